The molecule has 8 nitrogen and oxygen atoms in total. The largest absolute Gasteiger partial charge is 0.455 e. The number of nitrogens with one attached hydrogen (secondary N) is 1. The molecule has 0 bridgehead atoms. The Bertz CT molecular complexity index is 641. The van der Waals surface area contributed by atoms with Crippen LogP contribution in [-0.2, 0) is 19.1 Å². The van der Waals surface area contributed by atoms with Crippen LogP contribution in [0.1, 0.15) is 44.8 Å². The predicted octanol–water partition coefficient (Wildman–Crippen LogP) is 2.38. The minimum atomic E-state index is -0.502. The van der Waals surface area contributed by atoms with E-state index in [1.807, 2.05) is 0 Å². The van der Waals surface area contributed by atoms with E-state index in [4.69, 9.17) is 9.26 Å². The Labute approximate surface area is 163 Å². The molecule has 1 fully saturated rings. The maximum absolute atomic E-state index is 12.2. The summed E-state index contributed by atoms with van der Waals surface area (Å²) in [7, 11) is 0. The second-order valence-corrected chi connectivity index (χ2v) is 7.90. The highest BCUT2D eigenvalue weighted by Gasteiger charge is 2.19. The van der Waals surface area contributed by atoms with Crippen LogP contribution in [0, 0.1) is 6.92 Å². The molecule has 150 valence electrons. The molecule has 1 saturated heterocycles. The molecular weight excluding hydrogens is 370 g/mol. The summed E-state index contributed by atoms with van der Waals surface area (Å²) >= 11 is 1.14. The van der Waals surface area contributed by atoms with E-state index in [9.17, 15) is 14.4 Å². The number of hydrogen-bond acceptors (Lipinski definition) is 7. The molecule has 1 aromatic rings. The van der Waals surface area contributed by atoms with E-state index >= 15 is 0 Å². The Hall–Kier alpha value is -2.03. The summed E-state index contributed by atoms with van der Waals surface area (Å²) in [6.45, 7) is 4.63. The standard InChI is InChI=1S/C18H27N3O5S/c1-13-10-15(20-26-13)19-18(24)14(2)27-12-17(23)25-11-16(22)21-8-6-4-3-5-7-9-21/h10,14H,3-9,11-12H2,1-2H3,(H,19,20,24)/t14-/m0/s1. The van der Waals surface area contributed by atoms with Crippen LogP contribution in [0.2, 0.25) is 0 Å². The van der Waals surface area contributed by atoms with E-state index in [2.05, 4.69) is 10.5 Å². The maximum Gasteiger partial charge on any atom is 0.316 e. The molecule has 1 aliphatic rings. The summed E-state index contributed by atoms with van der Waals surface area (Å²) in [6, 6.07) is 1.61. The fourth-order valence-corrected chi connectivity index (χ4v) is 3.37. The van der Waals surface area contributed by atoms with Gasteiger partial charge in [-0.25, -0.2) is 0 Å². The molecule has 1 aromatic heterocycles. The zero-order valence-corrected chi connectivity index (χ0v) is 16.7. The average Bonchev–Trinajstić information content (AvgIpc) is 3.02. The smallest absolute Gasteiger partial charge is 0.316 e. The van der Waals surface area contributed by atoms with Gasteiger partial charge in [-0.1, -0.05) is 24.4 Å². The van der Waals surface area contributed by atoms with Gasteiger partial charge in [0, 0.05) is 19.2 Å². The van der Waals surface area contributed by atoms with Gasteiger partial charge in [-0.3, -0.25) is 14.4 Å². The Morgan fingerprint density at radius 2 is 1.93 bits per heavy atom. The first-order chi connectivity index (χ1) is 13.0. The summed E-state index contributed by atoms with van der Waals surface area (Å²) in [5, 5.41) is 5.83. The third-order valence-corrected chi connectivity index (χ3v) is 5.38. The molecule has 1 atom stereocenters. The Morgan fingerprint density at radius 3 is 2.56 bits per heavy atom. The lowest BCUT2D eigenvalue weighted by atomic mass is 10.1. The van der Waals surface area contributed by atoms with Gasteiger partial charge in [0.1, 0.15) is 5.76 Å². The average molecular weight is 397 g/mol. The fraction of sp³-hybridized carbons (Fsp3) is 0.667. The topological polar surface area (TPSA) is 102 Å². The second kappa shape index (κ2) is 11.0. The normalized spacial score (nSPS) is 16.1. The predicted molar refractivity (Wildman–Crippen MR) is 102 cm³/mol. The Kier molecular flexibility index (Phi) is 8.63. The first-order valence-corrected chi connectivity index (χ1v) is 10.3. The van der Waals surface area contributed by atoms with Gasteiger partial charge in [-0.15, -0.1) is 11.8 Å². The quantitative estimate of drug-likeness (QED) is 0.705. The number of likely N-dealkylation sites (tertiary alicyclic amines) is 1. The zero-order valence-electron chi connectivity index (χ0n) is 15.9. The molecule has 2 rings (SSSR count). The molecule has 9 heteroatoms. The van der Waals surface area contributed by atoms with Crippen LogP contribution in [0.15, 0.2) is 10.6 Å². The SMILES string of the molecule is Cc1cc(NC(=O)[C@H](C)SCC(=O)OCC(=O)N2CCCCCCC2)no1. The van der Waals surface area contributed by atoms with Crippen molar-refractivity contribution in [1.82, 2.24) is 10.1 Å². The molecule has 2 heterocycles. The number of nitrogens with zero attached hydrogens (tertiary/aromatic N) is 2. The molecule has 1 aliphatic heterocycles. The van der Waals surface area contributed by atoms with Crippen molar-refractivity contribution in [2.75, 3.05) is 30.8 Å². The minimum Gasteiger partial charge on any atom is -0.455 e. The van der Waals surface area contributed by atoms with Gasteiger partial charge in [-0.2, -0.15) is 0 Å². The number of rotatable bonds is 7. The van der Waals surface area contributed by atoms with Crippen molar-refractivity contribution in [3.05, 3.63) is 11.8 Å². The zero-order chi connectivity index (χ0) is 19.6. The number of hydrogen-bond donors (Lipinski definition) is 1. The van der Waals surface area contributed by atoms with Crippen molar-refractivity contribution in [2.24, 2.45) is 0 Å². The van der Waals surface area contributed by atoms with Crippen LogP contribution in [0.5, 0.6) is 0 Å². The molecule has 0 aliphatic carbocycles. The van der Waals surface area contributed by atoms with Crippen molar-refractivity contribution >= 4 is 35.4 Å². The monoisotopic (exact) mass is 397 g/mol. The van der Waals surface area contributed by atoms with Gasteiger partial charge in [0.05, 0.1) is 11.0 Å². The van der Waals surface area contributed by atoms with Crippen molar-refractivity contribution in [3.8, 4) is 0 Å². The van der Waals surface area contributed by atoms with E-state index in [0.29, 0.717) is 11.6 Å². The highest BCUT2D eigenvalue weighted by atomic mass is 32.2. The highest BCUT2D eigenvalue weighted by Crippen LogP contribution is 2.15. The van der Waals surface area contributed by atoms with E-state index in [1.54, 1.807) is 24.8 Å². The third-order valence-electron chi connectivity index (χ3n) is 4.27. The molecule has 1 N–H and O–H groups in total. The summed E-state index contributed by atoms with van der Waals surface area (Å²) < 4.78 is 9.95. The fourth-order valence-electron chi connectivity index (χ4n) is 2.69. The number of thioether (sulfide) groups is 1. The summed E-state index contributed by atoms with van der Waals surface area (Å²) in [6.07, 6.45) is 5.47. The number of carbonyl (C=O) groups excluding carboxylic acids is 3. The lowest BCUT2D eigenvalue weighted by molar-refractivity contribution is -0.150. The minimum absolute atomic E-state index is 0.000288. The molecule has 0 aromatic carbocycles. The van der Waals surface area contributed by atoms with Crippen LogP contribution in [-0.4, -0.2) is 58.5 Å². The Balaban J connectivity index is 1.65. The number of carbonyl (C=O) groups is 3. The summed E-state index contributed by atoms with van der Waals surface area (Å²) in [4.78, 5) is 37.9. The summed E-state index contributed by atoms with van der Waals surface area (Å²) in [5.41, 5.74) is 0. The molecular formula is C18H27N3O5S. The van der Waals surface area contributed by atoms with E-state index in [0.717, 1.165) is 50.5 Å². The lowest BCUT2D eigenvalue weighted by Crippen LogP contribution is -2.37. The van der Waals surface area contributed by atoms with Gasteiger partial charge in [0.25, 0.3) is 5.91 Å². The molecule has 2 amide bonds. The first kappa shape index (κ1) is 21.3. The number of ether oxygens (including phenoxy) is 1. The molecule has 0 saturated carbocycles. The highest BCUT2D eigenvalue weighted by molar-refractivity contribution is 8.01. The van der Waals surface area contributed by atoms with Crippen molar-refractivity contribution in [2.45, 2.75) is 51.2 Å². The van der Waals surface area contributed by atoms with E-state index < -0.39 is 11.2 Å². The van der Waals surface area contributed by atoms with Crippen LogP contribution in [0.3, 0.4) is 0 Å². The number of aryl methyl sites for hydroxylation is 1. The summed E-state index contributed by atoms with van der Waals surface area (Å²) in [5.74, 6) is 0.00233. The first-order valence-electron chi connectivity index (χ1n) is 9.25. The molecule has 0 unspecified atom stereocenters. The van der Waals surface area contributed by atoms with E-state index in [1.165, 1.54) is 6.42 Å². The number of esters is 1. The Morgan fingerprint density at radius 1 is 1.26 bits per heavy atom. The third kappa shape index (κ3) is 7.62. The van der Waals surface area contributed by atoms with Crippen LogP contribution in [0.4, 0.5) is 5.82 Å². The molecule has 0 radical (unpaired) electrons. The van der Waals surface area contributed by atoms with Gasteiger partial charge < -0.3 is 19.5 Å². The second-order valence-electron chi connectivity index (χ2n) is 6.57. The van der Waals surface area contributed by atoms with Crippen LogP contribution < -0.4 is 5.32 Å². The van der Waals surface area contributed by atoms with Gasteiger partial charge in [0.2, 0.25) is 5.91 Å². The lowest BCUT2D eigenvalue weighted by Gasteiger charge is -2.24. The number of anilines is 1. The van der Waals surface area contributed by atoms with Gasteiger partial charge in [0.15, 0.2) is 12.4 Å². The van der Waals surface area contributed by atoms with E-state index in [-0.39, 0.29) is 24.2 Å². The number of aromatic nitrogens is 1. The van der Waals surface area contributed by atoms with Gasteiger partial charge >= 0.3 is 5.97 Å². The molecule has 0 spiro atoms. The van der Waals surface area contributed by atoms with Crippen molar-refractivity contribution in [3.63, 3.8) is 0 Å². The van der Waals surface area contributed by atoms with Crippen molar-refractivity contribution in [1.29, 1.82) is 0 Å². The van der Waals surface area contributed by atoms with Crippen LogP contribution >= 0.6 is 11.8 Å². The maximum atomic E-state index is 12.2. The van der Waals surface area contributed by atoms with Crippen LogP contribution in [0.25, 0.3) is 0 Å². The van der Waals surface area contributed by atoms with Crippen molar-refractivity contribution < 1.29 is 23.6 Å². The molecule has 27 heavy (non-hydrogen) atoms. The van der Waals surface area contributed by atoms with Gasteiger partial charge in [-0.05, 0) is 26.7 Å². The number of amides is 2.